The molecule has 4 nitrogen and oxygen atoms in total. The van der Waals surface area contributed by atoms with Crippen molar-refractivity contribution in [3.63, 3.8) is 0 Å². The van der Waals surface area contributed by atoms with Gasteiger partial charge in [0.2, 0.25) is 11.8 Å². The summed E-state index contributed by atoms with van der Waals surface area (Å²) in [5.41, 5.74) is 0.463. The molecule has 2 rings (SSSR count). The number of carbonyl (C=O) groups is 2. The number of nitrogens with one attached hydrogen (secondary N) is 2. The van der Waals surface area contributed by atoms with Gasteiger partial charge in [0, 0.05) is 0 Å². The van der Waals surface area contributed by atoms with E-state index in [0.29, 0.717) is 18.4 Å². The molecule has 0 aliphatic carbocycles. The first-order chi connectivity index (χ1) is 13.3. The third kappa shape index (κ3) is 6.72. The second kappa shape index (κ2) is 9.92. The Morgan fingerprint density at radius 2 is 1.71 bits per heavy atom. The fourth-order valence-electron chi connectivity index (χ4n) is 2.81. The van der Waals surface area contributed by atoms with Crippen LogP contribution in [0.3, 0.4) is 0 Å². The molecule has 0 unspecified atom stereocenters. The number of hydrogen-bond donors (Lipinski definition) is 2. The van der Waals surface area contributed by atoms with Gasteiger partial charge in [-0.3, -0.25) is 9.59 Å². The van der Waals surface area contributed by atoms with Gasteiger partial charge in [0.15, 0.2) is 0 Å². The van der Waals surface area contributed by atoms with Crippen LogP contribution in [0.5, 0.6) is 0 Å². The lowest BCUT2D eigenvalue weighted by molar-refractivity contribution is -0.137. The van der Waals surface area contributed by atoms with Crippen molar-refractivity contribution in [2.24, 2.45) is 0 Å². The van der Waals surface area contributed by atoms with Crippen molar-refractivity contribution in [3.8, 4) is 0 Å². The highest BCUT2D eigenvalue weighted by Crippen LogP contribution is 2.31. The Morgan fingerprint density at radius 3 is 2.36 bits per heavy atom. The van der Waals surface area contributed by atoms with E-state index in [2.05, 4.69) is 10.6 Å². The molecule has 0 bridgehead atoms. The minimum Gasteiger partial charge on any atom is -0.348 e. The molecular weight excluding hydrogens is 369 g/mol. The minimum absolute atomic E-state index is 0.153. The molecule has 7 heteroatoms. The van der Waals surface area contributed by atoms with Crippen LogP contribution in [0.1, 0.15) is 42.5 Å². The number of rotatable bonds is 8. The van der Waals surface area contributed by atoms with Crippen LogP contribution in [0, 0.1) is 0 Å². The van der Waals surface area contributed by atoms with Gasteiger partial charge < -0.3 is 10.6 Å². The summed E-state index contributed by atoms with van der Waals surface area (Å²) in [6.45, 7) is 1.65. The first kappa shape index (κ1) is 21.5. The Balaban J connectivity index is 1.94. The summed E-state index contributed by atoms with van der Waals surface area (Å²) in [5.74, 6) is -0.746. The van der Waals surface area contributed by atoms with Crippen molar-refractivity contribution in [3.05, 3.63) is 71.3 Å². The van der Waals surface area contributed by atoms with Crippen LogP contribution in [0.4, 0.5) is 13.2 Å². The Labute approximate surface area is 162 Å². The van der Waals surface area contributed by atoms with Crippen LogP contribution in [-0.2, 0) is 22.2 Å². The number of alkyl halides is 3. The molecule has 0 aliphatic rings. The fourth-order valence-corrected chi connectivity index (χ4v) is 2.81. The molecule has 28 heavy (non-hydrogen) atoms. The van der Waals surface area contributed by atoms with Crippen molar-refractivity contribution in [2.75, 3.05) is 6.54 Å². The predicted molar refractivity (Wildman–Crippen MR) is 100 cm³/mol. The largest absolute Gasteiger partial charge is 0.416 e. The fraction of sp³-hybridized carbons (Fsp3) is 0.333. The van der Waals surface area contributed by atoms with E-state index < -0.39 is 23.7 Å². The molecule has 0 saturated carbocycles. The summed E-state index contributed by atoms with van der Waals surface area (Å²) in [6.07, 6.45) is -3.12. The smallest absolute Gasteiger partial charge is 0.348 e. The van der Waals surface area contributed by atoms with E-state index in [-0.39, 0.29) is 18.9 Å². The van der Waals surface area contributed by atoms with Crippen molar-refractivity contribution in [2.45, 2.75) is 38.4 Å². The van der Waals surface area contributed by atoms with Gasteiger partial charge in [-0.05, 0) is 29.7 Å². The van der Waals surface area contributed by atoms with Gasteiger partial charge in [-0.1, -0.05) is 55.8 Å². The van der Waals surface area contributed by atoms with Gasteiger partial charge in [-0.15, -0.1) is 0 Å². The van der Waals surface area contributed by atoms with E-state index in [0.717, 1.165) is 17.7 Å². The number of halogens is 3. The van der Waals surface area contributed by atoms with Crippen molar-refractivity contribution >= 4 is 11.8 Å². The Kier molecular flexibility index (Phi) is 7.61. The number of amides is 2. The molecule has 0 heterocycles. The van der Waals surface area contributed by atoms with Gasteiger partial charge in [0.05, 0.1) is 24.6 Å². The molecule has 1 atom stereocenters. The summed E-state index contributed by atoms with van der Waals surface area (Å²) in [7, 11) is 0. The van der Waals surface area contributed by atoms with Crippen LogP contribution >= 0.6 is 0 Å². The molecule has 150 valence electrons. The van der Waals surface area contributed by atoms with Gasteiger partial charge in [0.1, 0.15) is 0 Å². The van der Waals surface area contributed by atoms with Gasteiger partial charge in [-0.25, -0.2) is 0 Å². The molecule has 0 fully saturated rings. The van der Waals surface area contributed by atoms with Gasteiger partial charge >= 0.3 is 6.18 Å². The third-order valence-electron chi connectivity index (χ3n) is 4.18. The zero-order chi connectivity index (χ0) is 20.6. The summed E-state index contributed by atoms with van der Waals surface area (Å²) >= 11 is 0. The normalized spacial score (nSPS) is 12.3. The van der Waals surface area contributed by atoms with Crippen molar-refractivity contribution in [1.82, 2.24) is 10.6 Å². The zero-order valence-corrected chi connectivity index (χ0v) is 15.6. The third-order valence-corrected chi connectivity index (χ3v) is 4.18. The Bertz CT molecular complexity index is 792. The second-order valence-electron chi connectivity index (χ2n) is 6.47. The molecular formula is C21H23F3N2O2. The highest BCUT2D eigenvalue weighted by Gasteiger charge is 2.31. The van der Waals surface area contributed by atoms with E-state index in [9.17, 15) is 22.8 Å². The van der Waals surface area contributed by atoms with Crippen LogP contribution in [0.2, 0.25) is 0 Å². The van der Waals surface area contributed by atoms with Crippen molar-refractivity contribution < 1.29 is 22.8 Å². The molecule has 0 spiro atoms. The molecule has 2 aromatic rings. The zero-order valence-electron chi connectivity index (χ0n) is 15.6. The summed E-state index contributed by atoms with van der Waals surface area (Å²) < 4.78 is 38.8. The van der Waals surface area contributed by atoms with Crippen LogP contribution in [0.25, 0.3) is 0 Å². The number of benzene rings is 2. The van der Waals surface area contributed by atoms with Gasteiger partial charge in [0.25, 0.3) is 0 Å². The van der Waals surface area contributed by atoms with Crippen molar-refractivity contribution in [1.29, 1.82) is 0 Å². The number of hydrogen-bond acceptors (Lipinski definition) is 2. The van der Waals surface area contributed by atoms with E-state index in [1.54, 1.807) is 6.07 Å². The molecule has 0 saturated heterocycles. The molecule has 2 amide bonds. The summed E-state index contributed by atoms with van der Waals surface area (Å²) in [6, 6.07) is 13.5. The number of carbonyl (C=O) groups excluding carboxylic acids is 2. The van der Waals surface area contributed by atoms with E-state index in [1.165, 1.54) is 6.07 Å². The molecule has 0 radical (unpaired) electrons. The molecule has 2 N–H and O–H groups in total. The first-order valence-corrected chi connectivity index (χ1v) is 9.06. The average Bonchev–Trinajstić information content (AvgIpc) is 2.66. The maximum atomic E-state index is 12.9. The molecule has 0 aliphatic heterocycles. The van der Waals surface area contributed by atoms with Crippen LogP contribution < -0.4 is 10.6 Å². The monoisotopic (exact) mass is 392 g/mol. The Morgan fingerprint density at radius 1 is 1.00 bits per heavy atom. The minimum atomic E-state index is -4.44. The molecule has 2 aromatic carbocycles. The predicted octanol–water partition coefficient (Wildman–Crippen LogP) is 4.02. The second-order valence-corrected chi connectivity index (χ2v) is 6.47. The highest BCUT2D eigenvalue weighted by molar-refractivity contribution is 5.85. The van der Waals surface area contributed by atoms with Gasteiger partial charge in [-0.2, -0.15) is 13.2 Å². The van der Waals surface area contributed by atoms with Crippen LogP contribution in [-0.4, -0.2) is 18.4 Å². The van der Waals surface area contributed by atoms with Crippen LogP contribution in [0.15, 0.2) is 54.6 Å². The average molecular weight is 392 g/mol. The lowest BCUT2D eigenvalue weighted by Crippen LogP contribution is -2.39. The SMILES string of the molecule is CCC[C@H](NC(=O)CNC(=O)Cc1ccccc1)c1cccc(C(F)(F)F)c1. The summed E-state index contributed by atoms with van der Waals surface area (Å²) in [4.78, 5) is 24.1. The maximum Gasteiger partial charge on any atom is 0.416 e. The van der Waals surface area contributed by atoms with E-state index in [4.69, 9.17) is 0 Å². The standard InChI is InChI=1S/C21H23F3N2O2/c1-2-7-18(16-10-6-11-17(13-16)21(22,23)24)26-20(28)14-25-19(27)12-15-8-4-3-5-9-15/h3-6,8-11,13,18H,2,7,12,14H2,1H3,(H,25,27)(H,26,28)/t18-/m0/s1. The quantitative estimate of drug-likeness (QED) is 0.713. The maximum absolute atomic E-state index is 12.9. The van der Waals surface area contributed by atoms with E-state index >= 15 is 0 Å². The molecule has 0 aromatic heterocycles. The Hall–Kier alpha value is -2.83. The first-order valence-electron chi connectivity index (χ1n) is 9.06. The topological polar surface area (TPSA) is 58.2 Å². The highest BCUT2D eigenvalue weighted by atomic mass is 19.4. The van der Waals surface area contributed by atoms with E-state index in [1.807, 2.05) is 37.3 Å². The summed E-state index contributed by atoms with van der Waals surface area (Å²) in [5, 5.41) is 5.25. The lowest BCUT2D eigenvalue weighted by atomic mass is 10.00. The lowest BCUT2D eigenvalue weighted by Gasteiger charge is -2.20.